The van der Waals surface area contributed by atoms with Gasteiger partial charge in [0.05, 0.1) is 5.52 Å². The van der Waals surface area contributed by atoms with Gasteiger partial charge in [-0.3, -0.25) is 9.78 Å². The van der Waals surface area contributed by atoms with Crippen molar-refractivity contribution in [2.45, 2.75) is 0 Å². The van der Waals surface area contributed by atoms with Crippen molar-refractivity contribution in [3.63, 3.8) is 0 Å². The summed E-state index contributed by atoms with van der Waals surface area (Å²) in [5.74, 6) is -0.353. The first-order valence-corrected chi connectivity index (χ1v) is 3.81. The SMILES string of the molecule is O=Cc1ccc(F)c2cccnc12. The molecule has 0 bridgehead atoms. The maximum atomic E-state index is 13.1. The monoisotopic (exact) mass is 175 g/mol. The Kier molecular flexibility index (Phi) is 1.77. The van der Waals surface area contributed by atoms with Crippen LogP contribution in [0.5, 0.6) is 0 Å². The van der Waals surface area contributed by atoms with Crippen LogP contribution in [0.2, 0.25) is 0 Å². The van der Waals surface area contributed by atoms with Crippen LogP contribution in [0.15, 0.2) is 30.5 Å². The summed E-state index contributed by atoms with van der Waals surface area (Å²) in [7, 11) is 0. The van der Waals surface area contributed by atoms with Crippen LogP contribution in [0.4, 0.5) is 4.39 Å². The minimum Gasteiger partial charge on any atom is -0.298 e. The standard InChI is InChI=1S/C10H6FNO/c11-9-4-3-7(6-13)10-8(9)2-1-5-12-10/h1-6H. The highest BCUT2D eigenvalue weighted by Gasteiger charge is 2.04. The molecule has 0 fully saturated rings. The second-order valence-electron chi connectivity index (χ2n) is 2.65. The van der Waals surface area contributed by atoms with Crippen molar-refractivity contribution in [3.05, 3.63) is 41.8 Å². The van der Waals surface area contributed by atoms with Crippen LogP contribution in [-0.2, 0) is 0 Å². The second-order valence-corrected chi connectivity index (χ2v) is 2.65. The van der Waals surface area contributed by atoms with Crippen LogP contribution in [0.3, 0.4) is 0 Å². The molecule has 3 heteroatoms. The first-order valence-electron chi connectivity index (χ1n) is 3.81. The first kappa shape index (κ1) is 7.86. The molecule has 64 valence electrons. The number of pyridine rings is 1. The van der Waals surface area contributed by atoms with E-state index < -0.39 is 0 Å². The number of nitrogens with zero attached hydrogens (tertiary/aromatic N) is 1. The molecule has 0 saturated carbocycles. The van der Waals surface area contributed by atoms with Crippen molar-refractivity contribution in [2.75, 3.05) is 0 Å². The largest absolute Gasteiger partial charge is 0.298 e. The quantitative estimate of drug-likeness (QED) is 0.622. The van der Waals surface area contributed by atoms with Crippen molar-refractivity contribution in [2.24, 2.45) is 0 Å². The molecule has 0 radical (unpaired) electrons. The Morgan fingerprint density at radius 1 is 1.31 bits per heavy atom. The number of carbonyl (C=O) groups is 1. The van der Waals surface area contributed by atoms with Gasteiger partial charge in [0.1, 0.15) is 5.82 Å². The molecular weight excluding hydrogens is 169 g/mol. The van der Waals surface area contributed by atoms with E-state index in [1.54, 1.807) is 12.1 Å². The molecule has 0 N–H and O–H groups in total. The third-order valence-corrected chi connectivity index (χ3v) is 1.87. The highest BCUT2D eigenvalue weighted by Crippen LogP contribution is 2.17. The average molecular weight is 175 g/mol. The van der Waals surface area contributed by atoms with Gasteiger partial charge < -0.3 is 0 Å². The molecule has 1 heterocycles. The van der Waals surface area contributed by atoms with Crippen LogP contribution in [0, 0.1) is 5.82 Å². The zero-order valence-corrected chi connectivity index (χ0v) is 6.70. The Labute approximate surface area is 74.0 Å². The smallest absolute Gasteiger partial charge is 0.152 e. The van der Waals surface area contributed by atoms with Crippen molar-refractivity contribution in [1.29, 1.82) is 0 Å². The lowest BCUT2D eigenvalue weighted by Gasteiger charge is -1.99. The van der Waals surface area contributed by atoms with Gasteiger partial charge in [-0.1, -0.05) is 0 Å². The van der Waals surface area contributed by atoms with Crippen molar-refractivity contribution in [1.82, 2.24) is 4.98 Å². The molecule has 2 nitrogen and oxygen atoms in total. The van der Waals surface area contributed by atoms with Crippen molar-refractivity contribution < 1.29 is 9.18 Å². The van der Waals surface area contributed by atoms with Crippen LogP contribution in [-0.4, -0.2) is 11.3 Å². The summed E-state index contributed by atoms with van der Waals surface area (Å²) in [6.45, 7) is 0. The van der Waals surface area contributed by atoms with Gasteiger partial charge in [0.15, 0.2) is 6.29 Å². The van der Waals surface area contributed by atoms with E-state index in [4.69, 9.17) is 0 Å². The van der Waals surface area contributed by atoms with E-state index in [9.17, 15) is 9.18 Å². The van der Waals surface area contributed by atoms with Gasteiger partial charge in [-0.25, -0.2) is 4.39 Å². The predicted octanol–water partition coefficient (Wildman–Crippen LogP) is 2.19. The lowest BCUT2D eigenvalue weighted by Crippen LogP contribution is -1.89. The summed E-state index contributed by atoms with van der Waals surface area (Å²) in [6, 6.07) is 5.94. The predicted molar refractivity (Wildman–Crippen MR) is 47.1 cm³/mol. The summed E-state index contributed by atoms with van der Waals surface area (Å²) in [5, 5.41) is 0.382. The van der Waals surface area contributed by atoms with E-state index in [0.717, 1.165) is 0 Å². The van der Waals surface area contributed by atoms with Crippen LogP contribution >= 0.6 is 0 Å². The third-order valence-electron chi connectivity index (χ3n) is 1.87. The molecule has 0 unspecified atom stereocenters. The number of aromatic nitrogens is 1. The molecule has 1 aromatic heterocycles. The molecule has 0 aliphatic heterocycles. The number of hydrogen-bond donors (Lipinski definition) is 0. The first-order chi connectivity index (χ1) is 6.33. The van der Waals surface area contributed by atoms with E-state index >= 15 is 0 Å². The minimum absolute atomic E-state index is 0.353. The lowest BCUT2D eigenvalue weighted by molar-refractivity contribution is 0.112. The zero-order valence-electron chi connectivity index (χ0n) is 6.70. The summed E-state index contributed by atoms with van der Waals surface area (Å²) in [5.41, 5.74) is 0.828. The fourth-order valence-electron chi connectivity index (χ4n) is 1.25. The Balaban J connectivity index is 2.92. The third kappa shape index (κ3) is 1.18. The molecule has 0 amide bonds. The number of rotatable bonds is 1. The summed E-state index contributed by atoms with van der Waals surface area (Å²) in [4.78, 5) is 14.5. The number of benzene rings is 1. The molecule has 13 heavy (non-hydrogen) atoms. The van der Waals surface area contributed by atoms with Gasteiger partial charge in [-0.2, -0.15) is 0 Å². The minimum atomic E-state index is -0.353. The number of hydrogen-bond acceptors (Lipinski definition) is 2. The Morgan fingerprint density at radius 2 is 2.15 bits per heavy atom. The number of halogens is 1. The van der Waals surface area contributed by atoms with Crippen molar-refractivity contribution in [3.8, 4) is 0 Å². The molecule has 2 aromatic rings. The van der Waals surface area contributed by atoms with E-state index in [2.05, 4.69) is 4.98 Å². The van der Waals surface area contributed by atoms with Gasteiger partial charge in [0.25, 0.3) is 0 Å². The van der Waals surface area contributed by atoms with Crippen LogP contribution < -0.4 is 0 Å². The summed E-state index contributed by atoms with van der Waals surface area (Å²) >= 11 is 0. The topological polar surface area (TPSA) is 30.0 Å². The molecule has 0 saturated heterocycles. The molecule has 0 atom stereocenters. The van der Waals surface area contributed by atoms with E-state index in [1.807, 2.05) is 0 Å². The van der Waals surface area contributed by atoms with Gasteiger partial charge in [-0.15, -0.1) is 0 Å². The summed E-state index contributed by atoms with van der Waals surface area (Å²) in [6.07, 6.45) is 2.21. The molecular formula is C10H6FNO. The molecule has 0 aliphatic carbocycles. The van der Waals surface area contributed by atoms with Crippen molar-refractivity contribution >= 4 is 17.2 Å². The van der Waals surface area contributed by atoms with E-state index in [-0.39, 0.29) is 5.82 Å². The van der Waals surface area contributed by atoms with Gasteiger partial charge >= 0.3 is 0 Å². The average Bonchev–Trinajstić information content (AvgIpc) is 2.19. The van der Waals surface area contributed by atoms with Gasteiger partial charge in [0.2, 0.25) is 0 Å². The Morgan fingerprint density at radius 3 is 2.92 bits per heavy atom. The zero-order chi connectivity index (χ0) is 9.26. The highest BCUT2D eigenvalue weighted by molar-refractivity contribution is 5.95. The molecule has 0 spiro atoms. The maximum absolute atomic E-state index is 13.1. The van der Waals surface area contributed by atoms with Crippen LogP contribution in [0.1, 0.15) is 10.4 Å². The normalized spacial score (nSPS) is 10.2. The second kappa shape index (κ2) is 2.94. The Hall–Kier alpha value is -1.77. The lowest BCUT2D eigenvalue weighted by atomic mass is 10.1. The Bertz CT molecular complexity index is 467. The van der Waals surface area contributed by atoms with Gasteiger partial charge in [0, 0.05) is 17.1 Å². The van der Waals surface area contributed by atoms with E-state index in [1.165, 1.54) is 18.3 Å². The molecule has 0 aliphatic rings. The number of carbonyl (C=O) groups excluding carboxylic acids is 1. The van der Waals surface area contributed by atoms with E-state index in [0.29, 0.717) is 22.8 Å². The maximum Gasteiger partial charge on any atom is 0.152 e. The fourth-order valence-corrected chi connectivity index (χ4v) is 1.25. The molecule has 1 aromatic carbocycles. The fraction of sp³-hybridized carbons (Fsp3) is 0. The molecule has 2 rings (SSSR count). The number of fused-ring (bicyclic) bond motifs is 1. The van der Waals surface area contributed by atoms with Gasteiger partial charge in [-0.05, 0) is 24.3 Å². The number of aldehydes is 1. The highest BCUT2D eigenvalue weighted by atomic mass is 19.1. The van der Waals surface area contributed by atoms with Crippen LogP contribution in [0.25, 0.3) is 10.9 Å². The summed E-state index contributed by atoms with van der Waals surface area (Å²) < 4.78 is 13.1.